The summed E-state index contributed by atoms with van der Waals surface area (Å²) < 4.78 is 5.12. The molecule has 0 amide bonds. The maximum absolute atomic E-state index is 10.7. The van der Waals surface area contributed by atoms with E-state index in [2.05, 4.69) is 0 Å². The summed E-state index contributed by atoms with van der Waals surface area (Å²) in [6.07, 6.45) is 0.639. The van der Waals surface area contributed by atoms with E-state index in [-0.39, 0.29) is 5.22 Å². The first-order valence-electron chi connectivity index (χ1n) is 3.55. The van der Waals surface area contributed by atoms with Gasteiger partial charge in [-0.2, -0.15) is 0 Å². The Kier molecular flexibility index (Phi) is 2.02. The largest absolute Gasteiger partial charge is 0.444 e. The van der Waals surface area contributed by atoms with Gasteiger partial charge < -0.3 is 4.42 Å². The minimum absolute atomic E-state index is 0.0816. The summed E-state index contributed by atoms with van der Waals surface area (Å²) in [5.41, 5.74) is 0.835. The monoisotopic (exact) mass is 214 g/mol. The average molecular weight is 215 g/mol. The normalized spacial score (nSPS) is 10.6. The molecule has 0 radical (unpaired) electrons. The zero-order valence-electron chi connectivity index (χ0n) is 6.38. The van der Waals surface area contributed by atoms with Crippen LogP contribution in [0.4, 0.5) is 0 Å². The van der Waals surface area contributed by atoms with Gasteiger partial charge in [-0.15, -0.1) is 0 Å². The van der Waals surface area contributed by atoms with Crippen molar-refractivity contribution in [2.75, 3.05) is 0 Å². The maximum atomic E-state index is 10.7. The van der Waals surface area contributed by atoms with E-state index in [4.69, 9.17) is 27.6 Å². The van der Waals surface area contributed by atoms with Gasteiger partial charge in [-0.05, 0) is 23.7 Å². The van der Waals surface area contributed by atoms with Crippen molar-refractivity contribution in [3.05, 3.63) is 34.0 Å². The number of carbonyl (C=O) groups is 1. The van der Waals surface area contributed by atoms with Gasteiger partial charge in [-0.3, -0.25) is 4.79 Å². The van der Waals surface area contributed by atoms with Gasteiger partial charge in [-0.25, -0.2) is 0 Å². The lowest BCUT2D eigenvalue weighted by Crippen LogP contribution is -1.77. The Morgan fingerprint density at radius 2 is 2.08 bits per heavy atom. The number of furan rings is 1. The van der Waals surface area contributed by atoms with Crippen LogP contribution in [0.2, 0.25) is 10.2 Å². The number of hydrogen-bond donors (Lipinski definition) is 0. The van der Waals surface area contributed by atoms with Crippen LogP contribution in [-0.2, 0) is 0 Å². The van der Waals surface area contributed by atoms with E-state index in [1.165, 1.54) is 0 Å². The second-order valence-electron chi connectivity index (χ2n) is 2.52. The number of carbonyl (C=O) groups excluding carboxylic acids is 1. The molecule has 0 fully saturated rings. The second-order valence-corrected chi connectivity index (χ2v) is 3.27. The molecule has 0 bridgehead atoms. The Bertz CT molecular complexity index is 474. The van der Waals surface area contributed by atoms with Crippen molar-refractivity contribution < 1.29 is 9.21 Å². The highest BCUT2D eigenvalue weighted by atomic mass is 35.5. The minimum Gasteiger partial charge on any atom is -0.444 e. The molecular formula is C9H4Cl2O2. The summed E-state index contributed by atoms with van der Waals surface area (Å²) in [6.45, 7) is 0. The fraction of sp³-hybridized carbons (Fsp3) is 0. The Morgan fingerprint density at radius 1 is 1.31 bits per heavy atom. The van der Waals surface area contributed by atoms with Crippen molar-refractivity contribution >= 4 is 40.5 Å². The Hall–Kier alpha value is -0.990. The summed E-state index contributed by atoms with van der Waals surface area (Å²) in [5.74, 6) is 0. The molecule has 2 rings (SSSR count). The first kappa shape index (κ1) is 8.60. The molecule has 2 aromatic rings. The molecule has 0 aliphatic carbocycles. The molecule has 0 atom stereocenters. The SMILES string of the molecule is O=Cc1c(Cl)oc2cccc(Cl)c12. The predicted molar refractivity (Wildman–Crippen MR) is 51.6 cm³/mol. The molecule has 1 heterocycles. The molecule has 13 heavy (non-hydrogen) atoms. The number of hydrogen-bond acceptors (Lipinski definition) is 2. The molecule has 66 valence electrons. The number of halogens is 2. The number of aldehydes is 1. The topological polar surface area (TPSA) is 30.2 Å². The third kappa shape index (κ3) is 1.23. The third-order valence-electron chi connectivity index (χ3n) is 1.77. The zero-order chi connectivity index (χ0) is 9.42. The highest BCUT2D eigenvalue weighted by molar-refractivity contribution is 6.39. The van der Waals surface area contributed by atoms with Crippen molar-refractivity contribution in [3.63, 3.8) is 0 Å². The molecular weight excluding hydrogens is 211 g/mol. The van der Waals surface area contributed by atoms with Gasteiger partial charge in [0.25, 0.3) is 0 Å². The molecule has 0 unspecified atom stereocenters. The van der Waals surface area contributed by atoms with Crippen LogP contribution in [0.15, 0.2) is 22.6 Å². The molecule has 0 spiro atoms. The standard InChI is InChI=1S/C9H4Cl2O2/c10-6-2-1-3-7-8(6)5(4-12)9(11)13-7/h1-4H. The van der Waals surface area contributed by atoms with Crippen LogP contribution in [0.5, 0.6) is 0 Å². The highest BCUT2D eigenvalue weighted by Crippen LogP contribution is 2.33. The van der Waals surface area contributed by atoms with Crippen LogP contribution in [0, 0.1) is 0 Å². The molecule has 0 saturated carbocycles. The van der Waals surface area contributed by atoms with Crippen molar-refractivity contribution in [2.45, 2.75) is 0 Å². The Morgan fingerprint density at radius 3 is 2.77 bits per heavy atom. The lowest BCUT2D eigenvalue weighted by molar-refractivity contribution is 0.112. The van der Waals surface area contributed by atoms with Gasteiger partial charge in [0.2, 0.25) is 5.22 Å². The Balaban J connectivity index is 2.96. The average Bonchev–Trinajstić information content (AvgIpc) is 2.42. The zero-order valence-corrected chi connectivity index (χ0v) is 7.89. The van der Waals surface area contributed by atoms with Crippen LogP contribution in [0.25, 0.3) is 11.0 Å². The molecule has 1 aromatic carbocycles. The van der Waals surface area contributed by atoms with Crippen molar-refractivity contribution in [1.82, 2.24) is 0 Å². The van der Waals surface area contributed by atoms with Crippen LogP contribution < -0.4 is 0 Å². The van der Waals surface area contributed by atoms with E-state index >= 15 is 0 Å². The summed E-state index contributed by atoms with van der Waals surface area (Å²) >= 11 is 11.6. The van der Waals surface area contributed by atoms with Crippen LogP contribution in [0.3, 0.4) is 0 Å². The van der Waals surface area contributed by atoms with Gasteiger partial charge in [-0.1, -0.05) is 17.7 Å². The molecule has 0 saturated heterocycles. The van der Waals surface area contributed by atoms with Crippen LogP contribution >= 0.6 is 23.2 Å². The van der Waals surface area contributed by atoms with E-state index in [0.29, 0.717) is 27.8 Å². The van der Waals surface area contributed by atoms with Gasteiger partial charge in [0.05, 0.1) is 16.0 Å². The molecule has 1 aromatic heterocycles. The number of fused-ring (bicyclic) bond motifs is 1. The van der Waals surface area contributed by atoms with Gasteiger partial charge >= 0.3 is 0 Å². The van der Waals surface area contributed by atoms with Crippen molar-refractivity contribution in [2.24, 2.45) is 0 Å². The first-order chi connectivity index (χ1) is 6.24. The highest BCUT2D eigenvalue weighted by Gasteiger charge is 2.13. The van der Waals surface area contributed by atoms with Gasteiger partial charge in [0.15, 0.2) is 6.29 Å². The second kappa shape index (κ2) is 3.05. The fourth-order valence-electron chi connectivity index (χ4n) is 1.21. The van der Waals surface area contributed by atoms with E-state index in [0.717, 1.165) is 0 Å². The minimum atomic E-state index is 0.0816. The summed E-state index contributed by atoms with van der Waals surface area (Å²) in [6, 6.07) is 5.13. The maximum Gasteiger partial charge on any atom is 0.205 e. The van der Waals surface area contributed by atoms with E-state index < -0.39 is 0 Å². The Labute approximate surface area is 84.0 Å². The molecule has 0 aliphatic rings. The quantitative estimate of drug-likeness (QED) is 0.680. The molecule has 2 nitrogen and oxygen atoms in total. The molecule has 0 aliphatic heterocycles. The van der Waals surface area contributed by atoms with Crippen LogP contribution in [0.1, 0.15) is 10.4 Å². The van der Waals surface area contributed by atoms with E-state index in [1.54, 1.807) is 18.2 Å². The number of benzene rings is 1. The van der Waals surface area contributed by atoms with E-state index in [1.807, 2.05) is 0 Å². The van der Waals surface area contributed by atoms with E-state index in [9.17, 15) is 4.79 Å². The van der Waals surface area contributed by atoms with Gasteiger partial charge in [0, 0.05) is 0 Å². The van der Waals surface area contributed by atoms with Crippen molar-refractivity contribution in [1.29, 1.82) is 0 Å². The third-order valence-corrected chi connectivity index (χ3v) is 2.37. The van der Waals surface area contributed by atoms with Crippen molar-refractivity contribution in [3.8, 4) is 0 Å². The molecule has 0 N–H and O–H groups in total. The molecule has 4 heteroatoms. The summed E-state index contributed by atoms with van der Waals surface area (Å²) in [5, 5.41) is 1.12. The fourth-order valence-corrected chi connectivity index (χ4v) is 1.70. The number of rotatable bonds is 1. The lowest BCUT2D eigenvalue weighted by Gasteiger charge is -1.90. The van der Waals surface area contributed by atoms with Crippen LogP contribution in [-0.4, -0.2) is 6.29 Å². The first-order valence-corrected chi connectivity index (χ1v) is 4.31. The summed E-state index contributed by atoms with van der Waals surface area (Å²) in [4.78, 5) is 10.7. The predicted octanol–water partition coefficient (Wildman–Crippen LogP) is 3.55. The van der Waals surface area contributed by atoms with Gasteiger partial charge in [0.1, 0.15) is 5.58 Å². The smallest absolute Gasteiger partial charge is 0.205 e. The summed E-state index contributed by atoms with van der Waals surface area (Å²) in [7, 11) is 0. The lowest BCUT2D eigenvalue weighted by atomic mass is 10.2.